The fourth-order valence-corrected chi connectivity index (χ4v) is 2.17. The molecule has 0 fully saturated rings. The molecule has 0 saturated heterocycles. The molecule has 0 amide bonds. The van der Waals surface area contributed by atoms with E-state index in [4.69, 9.17) is 9.47 Å². The number of rotatable bonds is 5. The first-order valence-corrected chi connectivity index (χ1v) is 6.55. The first-order valence-electron chi connectivity index (χ1n) is 6.55. The van der Waals surface area contributed by atoms with Crippen molar-refractivity contribution in [3.63, 3.8) is 0 Å². The molecule has 110 valence electrons. The maximum atomic E-state index is 13.3. The highest BCUT2D eigenvalue weighted by Gasteiger charge is 2.13. The third-order valence-electron chi connectivity index (χ3n) is 3.31. The largest absolute Gasteiger partial charge is 0.493 e. The first-order chi connectivity index (χ1) is 10.0. The van der Waals surface area contributed by atoms with Gasteiger partial charge in [0.15, 0.2) is 17.3 Å². The van der Waals surface area contributed by atoms with Gasteiger partial charge in [-0.05, 0) is 42.3 Å². The number of carbonyl (C=O) groups excluding carboxylic acids is 1. The number of Topliss-reactive ketones (excluding diaryl/α,β-unsaturated/α-hetero) is 1. The van der Waals surface area contributed by atoms with Crippen LogP contribution in [-0.2, 0) is 6.42 Å². The van der Waals surface area contributed by atoms with Crippen molar-refractivity contribution in [1.29, 1.82) is 0 Å². The van der Waals surface area contributed by atoms with Gasteiger partial charge in [-0.25, -0.2) is 4.39 Å². The zero-order valence-electron chi connectivity index (χ0n) is 12.3. The summed E-state index contributed by atoms with van der Waals surface area (Å²) in [6.07, 6.45) is 0.185. The number of aryl methyl sites for hydroxylation is 1. The normalized spacial score (nSPS) is 10.3. The van der Waals surface area contributed by atoms with E-state index in [0.717, 1.165) is 11.1 Å². The van der Waals surface area contributed by atoms with Gasteiger partial charge in [-0.1, -0.05) is 12.1 Å². The third-order valence-corrected chi connectivity index (χ3v) is 3.31. The lowest BCUT2D eigenvalue weighted by molar-refractivity contribution is 0.0992. The molecule has 2 rings (SSSR count). The Hall–Kier alpha value is -2.36. The number of ether oxygens (including phenoxy) is 2. The van der Waals surface area contributed by atoms with Crippen molar-refractivity contribution in [2.75, 3.05) is 14.2 Å². The third kappa shape index (κ3) is 3.40. The van der Waals surface area contributed by atoms with Crippen LogP contribution in [0.5, 0.6) is 11.5 Å². The number of ketones is 1. The molecule has 0 atom stereocenters. The highest BCUT2D eigenvalue weighted by atomic mass is 19.1. The van der Waals surface area contributed by atoms with Crippen LogP contribution in [0.15, 0.2) is 36.4 Å². The second-order valence-electron chi connectivity index (χ2n) is 4.75. The van der Waals surface area contributed by atoms with Gasteiger partial charge in [-0.3, -0.25) is 4.79 Å². The standard InChI is InChI=1S/C17H17FO3/c1-11-4-6-13(18)10-14(11)15(19)8-12-5-7-16(20-2)17(9-12)21-3/h4-7,9-10H,8H2,1-3H3. The molecule has 2 aromatic rings. The quantitative estimate of drug-likeness (QED) is 0.789. The number of benzene rings is 2. The fourth-order valence-electron chi connectivity index (χ4n) is 2.17. The van der Waals surface area contributed by atoms with E-state index in [9.17, 15) is 9.18 Å². The van der Waals surface area contributed by atoms with E-state index in [1.807, 2.05) is 0 Å². The molecule has 0 bridgehead atoms. The topological polar surface area (TPSA) is 35.5 Å². The predicted octanol–water partition coefficient (Wildman–Crippen LogP) is 3.58. The lowest BCUT2D eigenvalue weighted by Gasteiger charge is -2.10. The summed E-state index contributed by atoms with van der Waals surface area (Å²) in [5, 5.41) is 0. The molecule has 0 saturated carbocycles. The minimum absolute atomic E-state index is 0.126. The molecule has 0 aliphatic carbocycles. The van der Waals surface area contributed by atoms with Crippen molar-refractivity contribution in [2.45, 2.75) is 13.3 Å². The molecule has 0 heterocycles. The summed E-state index contributed by atoms with van der Waals surface area (Å²) in [5.74, 6) is 0.643. The van der Waals surface area contributed by atoms with Crippen LogP contribution in [0.3, 0.4) is 0 Å². The van der Waals surface area contributed by atoms with E-state index in [2.05, 4.69) is 0 Å². The number of hydrogen-bond donors (Lipinski definition) is 0. The molecule has 0 N–H and O–H groups in total. The second kappa shape index (κ2) is 6.39. The SMILES string of the molecule is COc1ccc(CC(=O)c2cc(F)ccc2C)cc1OC. The predicted molar refractivity (Wildman–Crippen MR) is 78.7 cm³/mol. The molecule has 0 aromatic heterocycles. The van der Waals surface area contributed by atoms with Gasteiger partial charge >= 0.3 is 0 Å². The number of hydrogen-bond acceptors (Lipinski definition) is 3. The molecule has 4 heteroatoms. The number of halogens is 1. The maximum Gasteiger partial charge on any atom is 0.167 e. The minimum atomic E-state index is -0.406. The van der Waals surface area contributed by atoms with Crippen LogP contribution in [0.1, 0.15) is 21.5 Å². The van der Waals surface area contributed by atoms with Crippen LogP contribution in [0.25, 0.3) is 0 Å². The lowest BCUT2D eigenvalue weighted by atomic mass is 9.99. The van der Waals surface area contributed by atoms with Crippen LogP contribution < -0.4 is 9.47 Å². The number of carbonyl (C=O) groups is 1. The Morgan fingerprint density at radius 3 is 2.43 bits per heavy atom. The Labute approximate surface area is 123 Å². The molecule has 0 aliphatic heterocycles. The van der Waals surface area contributed by atoms with Crippen molar-refractivity contribution in [3.8, 4) is 11.5 Å². The smallest absolute Gasteiger partial charge is 0.167 e. The van der Waals surface area contributed by atoms with E-state index < -0.39 is 5.82 Å². The average molecular weight is 288 g/mol. The summed E-state index contributed by atoms with van der Waals surface area (Å²) in [6.45, 7) is 1.79. The maximum absolute atomic E-state index is 13.3. The first kappa shape index (κ1) is 15.0. The van der Waals surface area contributed by atoms with Crippen LogP contribution in [0, 0.1) is 12.7 Å². The van der Waals surface area contributed by atoms with Gasteiger partial charge in [0.05, 0.1) is 14.2 Å². The van der Waals surface area contributed by atoms with E-state index in [1.165, 1.54) is 12.1 Å². The highest BCUT2D eigenvalue weighted by molar-refractivity contribution is 5.98. The second-order valence-corrected chi connectivity index (χ2v) is 4.75. The van der Waals surface area contributed by atoms with Crippen molar-refractivity contribution < 1.29 is 18.7 Å². The molecule has 3 nitrogen and oxygen atoms in total. The summed E-state index contributed by atoms with van der Waals surface area (Å²) < 4.78 is 23.6. The Kier molecular flexibility index (Phi) is 4.58. The van der Waals surface area contributed by atoms with Gasteiger partial charge < -0.3 is 9.47 Å². The van der Waals surface area contributed by atoms with Gasteiger partial charge in [-0.2, -0.15) is 0 Å². The fraction of sp³-hybridized carbons (Fsp3) is 0.235. The van der Waals surface area contributed by atoms with Crippen molar-refractivity contribution in [3.05, 3.63) is 58.9 Å². The molecule has 0 spiro atoms. The minimum Gasteiger partial charge on any atom is -0.493 e. The van der Waals surface area contributed by atoms with Crippen molar-refractivity contribution >= 4 is 5.78 Å². The number of methoxy groups -OCH3 is 2. The summed E-state index contributed by atoms with van der Waals surface area (Å²) in [6, 6.07) is 9.54. The molecule has 2 aromatic carbocycles. The summed E-state index contributed by atoms with van der Waals surface area (Å²) in [5.41, 5.74) is 1.97. The molecule has 21 heavy (non-hydrogen) atoms. The molecule has 0 aliphatic rings. The zero-order valence-corrected chi connectivity index (χ0v) is 12.3. The lowest BCUT2D eigenvalue weighted by Crippen LogP contribution is -2.06. The Bertz CT molecular complexity index is 665. The Morgan fingerprint density at radius 1 is 1.05 bits per heavy atom. The monoisotopic (exact) mass is 288 g/mol. The van der Waals surface area contributed by atoms with Crippen molar-refractivity contribution in [2.24, 2.45) is 0 Å². The highest BCUT2D eigenvalue weighted by Crippen LogP contribution is 2.28. The van der Waals surface area contributed by atoms with Gasteiger partial charge in [-0.15, -0.1) is 0 Å². The van der Waals surface area contributed by atoms with E-state index in [0.29, 0.717) is 17.1 Å². The van der Waals surface area contributed by atoms with Crippen LogP contribution in [0.4, 0.5) is 4.39 Å². The van der Waals surface area contributed by atoms with Crippen molar-refractivity contribution in [1.82, 2.24) is 0 Å². The summed E-state index contributed by atoms with van der Waals surface area (Å²) >= 11 is 0. The Balaban J connectivity index is 2.25. The molecular weight excluding hydrogens is 271 g/mol. The van der Waals surface area contributed by atoms with Gasteiger partial charge in [0.1, 0.15) is 5.82 Å². The molecule has 0 unspecified atom stereocenters. The van der Waals surface area contributed by atoms with Crippen LogP contribution in [-0.4, -0.2) is 20.0 Å². The van der Waals surface area contributed by atoms with Crippen LogP contribution >= 0.6 is 0 Å². The van der Waals surface area contributed by atoms with Gasteiger partial charge in [0.25, 0.3) is 0 Å². The Morgan fingerprint density at radius 2 is 1.76 bits per heavy atom. The van der Waals surface area contributed by atoms with E-state index >= 15 is 0 Å². The zero-order chi connectivity index (χ0) is 15.4. The summed E-state index contributed by atoms with van der Waals surface area (Å²) in [7, 11) is 3.10. The van der Waals surface area contributed by atoms with E-state index in [1.54, 1.807) is 45.4 Å². The van der Waals surface area contributed by atoms with E-state index in [-0.39, 0.29) is 12.2 Å². The van der Waals surface area contributed by atoms with Crippen LogP contribution in [0.2, 0.25) is 0 Å². The molecular formula is C17H17FO3. The molecule has 0 radical (unpaired) electrons. The average Bonchev–Trinajstić information content (AvgIpc) is 2.49. The van der Waals surface area contributed by atoms with Gasteiger partial charge in [0, 0.05) is 12.0 Å². The van der Waals surface area contributed by atoms with Gasteiger partial charge in [0.2, 0.25) is 0 Å². The summed E-state index contributed by atoms with van der Waals surface area (Å²) in [4.78, 5) is 12.3.